The summed E-state index contributed by atoms with van der Waals surface area (Å²) >= 11 is 3.93. The smallest absolute Gasteiger partial charge is 0.410 e. The van der Waals surface area contributed by atoms with E-state index in [9.17, 15) is 19.2 Å². The van der Waals surface area contributed by atoms with Gasteiger partial charge in [0.05, 0.1) is 19.7 Å². The number of fused-ring (bicyclic) bond motifs is 1. The van der Waals surface area contributed by atoms with Gasteiger partial charge in [0, 0.05) is 25.0 Å². The molecule has 3 N–H and O–H groups in total. The molecule has 262 valence electrons. The molecule has 5 rings (SSSR count). The number of hydrogen-bond donors (Lipinski definition) is 4. The van der Waals surface area contributed by atoms with Crippen molar-refractivity contribution in [3.05, 3.63) is 53.6 Å². The van der Waals surface area contributed by atoms with Gasteiger partial charge < -0.3 is 25.0 Å². The fourth-order valence-electron chi connectivity index (χ4n) is 7.97. The summed E-state index contributed by atoms with van der Waals surface area (Å²) in [5.74, 6) is -0.503. The predicted octanol–water partition coefficient (Wildman–Crippen LogP) is 5.28. The summed E-state index contributed by atoms with van der Waals surface area (Å²) in [7, 11) is 1.41. The van der Waals surface area contributed by atoms with Gasteiger partial charge in [0.2, 0.25) is 11.8 Å². The van der Waals surface area contributed by atoms with Gasteiger partial charge in [-0.05, 0) is 80.9 Å². The maximum Gasteiger partial charge on any atom is 0.410 e. The van der Waals surface area contributed by atoms with Gasteiger partial charge in [-0.3, -0.25) is 19.3 Å². The highest BCUT2D eigenvalue weighted by atomic mass is 32.1. The minimum Gasteiger partial charge on any atom is -0.453 e. The maximum absolute atomic E-state index is 14.2. The summed E-state index contributed by atoms with van der Waals surface area (Å²) in [6, 6.07) is 5.45. The Morgan fingerprint density at radius 1 is 1.10 bits per heavy atom. The minimum absolute atomic E-state index is 0.0132. The van der Waals surface area contributed by atoms with Crippen LogP contribution in [0.3, 0.4) is 0 Å². The molecule has 1 aromatic carbocycles. The molecule has 1 aromatic rings. The van der Waals surface area contributed by atoms with E-state index >= 15 is 0 Å². The Morgan fingerprint density at radius 3 is 2.60 bits per heavy atom. The summed E-state index contributed by atoms with van der Waals surface area (Å²) in [4.78, 5) is 55.9. The lowest BCUT2D eigenvalue weighted by Gasteiger charge is -2.36. The second-order valence-electron chi connectivity index (χ2n) is 14.1. The van der Waals surface area contributed by atoms with E-state index in [1.54, 1.807) is 15.9 Å². The topological polar surface area (TPSA) is 120 Å². The molecule has 3 fully saturated rings. The zero-order valence-corrected chi connectivity index (χ0v) is 29.4. The maximum atomic E-state index is 14.2. The number of benzene rings is 1. The van der Waals surface area contributed by atoms with Crippen LogP contribution in [0.15, 0.2) is 36.9 Å². The average Bonchev–Trinajstić information content (AvgIpc) is 3.40. The third-order valence-corrected chi connectivity index (χ3v) is 11.1. The van der Waals surface area contributed by atoms with Crippen LogP contribution in [0, 0.1) is 11.8 Å². The third kappa shape index (κ3) is 8.10. The van der Waals surface area contributed by atoms with Gasteiger partial charge in [-0.2, -0.15) is 0 Å². The zero-order valence-electron chi connectivity index (χ0n) is 28.5. The molecule has 5 atom stereocenters. The number of carbonyl (C=O) groups excluding carboxylic acids is 4. The third-order valence-electron chi connectivity index (χ3n) is 10.8. The number of thiol groups is 1. The molecular weight excluding hydrogens is 627 g/mol. The van der Waals surface area contributed by atoms with Crippen molar-refractivity contribution in [3.8, 4) is 0 Å². The van der Waals surface area contributed by atoms with Crippen molar-refractivity contribution in [1.29, 1.82) is 0 Å². The standard InChI is InChI=1S/C37H53N5O5S/c1-4-29-22-37(29,35(45)40-48)39-33(43)31-20-13-21-42(31)34(44)32(27-16-10-7-11-17-27)38-25(2)14-8-5-6-9-15-26-18-12-19-28-23-41(24-30(26)28)36(46)47-3/h4,9,12,15,18-19,25,27,29,31-32,38,48H,1,5-8,10-11,13-14,16-17,20-24H2,2-3H3,(H,39,43)(H,40,45)/b15-9+/t25?,29-,31+,32+,37-/m1/s1. The molecule has 2 aliphatic heterocycles. The van der Waals surface area contributed by atoms with Crippen LogP contribution < -0.4 is 15.4 Å². The van der Waals surface area contributed by atoms with Gasteiger partial charge in [-0.15, -0.1) is 6.58 Å². The Labute approximate surface area is 291 Å². The molecule has 4 aliphatic rings. The molecule has 4 amide bonds. The lowest BCUT2D eigenvalue weighted by atomic mass is 9.82. The van der Waals surface area contributed by atoms with Crippen molar-refractivity contribution in [2.24, 2.45) is 11.8 Å². The van der Waals surface area contributed by atoms with E-state index < -0.39 is 11.6 Å². The van der Waals surface area contributed by atoms with Gasteiger partial charge >= 0.3 is 6.09 Å². The lowest BCUT2D eigenvalue weighted by molar-refractivity contribution is -0.142. The monoisotopic (exact) mass is 679 g/mol. The average molecular weight is 680 g/mol. The predicted molar refractivity (Wildman–Crippen MR) is 190 cm³/mol. The molecular formula is C37H53N5O5S. The van der Waals surface area contributed by atoms with Crippen LogP contribution in [0.4, 0.5) is 4.79 Å². The van der Waals surface area contributed by atoms with Gasteiger partial charge in [-0.1, -0.05) is 74.9 Å². The molecule has 2 heterocycles. The van der Waals surface area contributed by atoms with Crippen molar-refractivity contribution in [1.82, 2.24) is 25.2 Å². The van der Waals surface area contributed by atoms with Crippen LogP contribution in [0.1, 0.15) is 101 Å². The number of methoxy groups -OCH3 is 1. The fourth-order valence-corrected chi connectivity index (χ4v) is 8.17. The van der Waals surface area contributed by atoms with Crippen LogP contribution in [0.5, 0.6) is 0 Å². The second kappa shape index (κ2) is 16.4. The molecule has 1 saturated heterocycles. The number of rotatable bonds is 14. The Morgan fingerprint density at radius 2 is 1.90 bits per heavy atom. The van der Waals surface area contributed by atoms with Crippen molar-refractivity contribution in [3.63, 3.8) is 0 Å². The largest absolute Gasteiger partial charge is 0.453 e. The molecule has 1 unspecified atom stereocenters. The van der Waals surface area contributed by atoms with E-state index in [-0.39, 0.29) is 47.7 Å². The Kier molecular flexibility index (Phi) is 12.3. The molecule has 0 aromatic heterocycles. The van der Waals surface area contributed by atoms with Crippen molar-refractivity contribution in [2.45, 2.75) is 121 Å². The number of amides is 4. The van der Waals surface area contributed by atoms with Gasteiger partial charge in [0.1, 0.15) is 11.6 Å². The summed E-state index contributed by atoms with van der Waals surface area (Å²) < 4.78 is 7.28. The molecule has 10 nitrogen and oxygen atoms in total. The number of allylic oxidation sites excluding steroid dienone is 1. The summed E-state index contributed by atoms with van der Waals surface area (Å²) in [6.07, 6.45) is 17.0. The highest BCUT2D eigenvalue weighted by molar-refractivity contribution is 7.78. The van der Waals surface area contributed by atoms with Crippen LogP contribution in [0.2, 0.25) is 0 Å². The van der Waals surface area contributed by atoms with E-state index in [0.29, 0.717) is 32.5 Å². The van der Waals surface area contributed by atoms with Crippen LogP contribution in [-0.4, -0.2) is 70.9 Å². The van der Waals surface area contributed by atoms with E-state index in [1.807, 2.05) is 6.07 Å². The van der Waals surface area contributed by atoms with Crippen molar-refractivity contribution < 1.29 is 23.9 Å². The SMILES string of the molecule is C=C[C@@H]1C[C@]1(NC(=O)[C@@H]1CCCN1C(=O)[C@@H](NC(C)CCCC/C=C/c1cccc2c1CN(C(=O)OC)C2)C1CCCCC1)C(=O)NS. The van der Waals surface area contributed by atoms with Crippen LogP contribution in [-0.2, 0) is 32.2 Å². The number of nitrogens with zero attached hydrogens (tertiary/aromatic N) is 2. The highest BCUT2D eigenvalue weighted by Crippen LogP contribution is 2.45. The first-order valence-electron chi connectivity index (χ1n) is 17.8. The normalized spacial score (nSPS) is 25.0. The number of carbonyl (C=O) groups is 4. The lowest BCUT2D eigenvalue weighted by Crippen LogP contribution is -2.58. The summed E-state index contributed by atoms with van der Waals surface area (Å²) in [5, 5.41) is 6.69. The van der Waals surface area contributed by atoms with E-state index in [1.165, 1.54) is 24.7 Å². The van der Waals surface area contributed by atoms with Crippen LogP contribution >= 0.6 is 12.8 Å². The summed E-state index contributed by atoms with van der Waals surface area (Å²) in [6.45, 7) is 7.66. The highest BCUT2D eigenvalue weighted by Gasteiger charge is 2.60. The number of hydrogen-bond acceptors (Lipinski definition) is 7. The van der Waals surface area contributed by atoms with Crippen molar-refractivity contribution >= 4 is 42.7 Å². The van der Waals surface area contributed by atoms with Crippen LogP contribution in [0.25, 0.3) is 6.08 Å². The quantitative estimate of drug-likeness (QED) is 0.121. The van der Waals surface area contributed by atoms with Gasteiger partial charge in [0.15, 0.2) is 0 Å². The fraction of sp³-hybridized carbons (Fsp3) is 0.622. The first-order valence-corrected chi connectivity index (χ1v) is 18.2. The minimum atomic E-state index is -1.03. The van der Waals surface area contributed by atoms with E-state index in [2.05, 4.69) is 66.0 Å². The zero-order chi connectivity index (χ0) is 34.3. The van der Waals surface area contributed by atoms with E-state index in [0.717, 1.165) is 63.4 Å². The van der Waals surface area contributed by atoms with Gasteiger partial charge in [-0.25, -0.2) is 4.79 Å². The number of nitrogens with one attached hydrogen (secondary N) is 3. The van der Waals surface area contributed by atoms with E-state index in [4.69, 9.17) is 4.74 Å². The Balaban J connectivity index is 1.14. The number of unbranched alkanes of at least 4 members (excludes halogenated alkanes) is 2. The Hall–Kier alpha value is -3.31. The number of likely N-dealkylation sites (tertiary alicyclic amines) is 1. The van der Waals surface area contributed by atoms with Gasteiger partial charge in [0.25, 0.3) is 5.91 Å². The molecule has 2 saturated carbocycles. The first-order chi connectivity index (χ1) is 23.2. The molecule has 48 heavy (non-hydrogen) atoms. The Bertz CT molecular complexity index is 1380. The molecule has 0 spiro atoms. The molecule has 11 heteroatoms. The van der Waals surface area contributed by atoms with Crippen molar-refractivity contribution in [2.75, 3.05) is 13.7 Å². The summed E-state index contributed by atoms with van der Waals surface area (Å²) in [5.41, 5.74) is 2.47. The first kappa shape index (κ1) is 36.0. The number of ether oxygens (including phenoxy) is 1. The molecule has 0 bridgehead atoms. The second-order valence-corrected chi connectivity index (χ2v) is 14.3. The molecule has 2 aliphatic carbocycles. The molecule has 0 radical (unpaired) electrons.